The fraction of sp³-hybridized carbons (Fsp3) is 0.667. The molecule has 0 fully saturated rings. The minimum atomic E-state index is -0.877. The Bertz CT molecular complexity index is 235. The molecule has 1 atom stereocenters. The molecule has 0 saturated heterocycles. The number of terminal acetylenes is 1. The number of carbonyl (C=O) groups is 1. The van der Waals surface area contributed by atoms with Gasteiger partial charge in [0.15, 0.2) is 0 Å². The maximum atomic E-state index is 10.4. The lowest BCUT2D eigenvalue weighted by Gasteiger charge is -2.22. The predicted octanol–water partition coefficient (Wildman–Crippen LogP) is 1.12. The van der Waals surface area contributed by atoms with Gasteiger partial charge in [0, 0.05) is 0 Å². The number of hydrogen-bond donors (Lipinski definition) is 1. The second-order valence-electron chi connectivity index (χ2n) is 3.18. The zero-order chi connectivity index (χ0) is 11.2. The quantitative estimate of drug-likeness (QED) is 0.557. The Hall–Kier alpha value is -0.920. The number of amides is 1. The summed E-state index contributed by atoms with van der Waals surface area (Å²) < 4.78 is 9.93. The number of ether oxygens (including phenoxy) is 2. The van der Waals surface area contributed by atoms with Crippen LogP contribution in [0.5, 0.6) is 0 Å². The summed E-state index contributed by atoms with van der Waals surface area (Å²) >= 11 is 5.52. The molecule has 0 aromatic rings. The maximum Gasteiger partial charge on any atom is 0.404 e. The second-order valence-corrected chi connectivity index (χ2v) is 3.49. The standard InChI is InChI=1S/C9H14ClNO3/c1-4-9(2,3)13-6-7(5-10)14-8(11)12/h1,7H,5-6H2,2-3H3,(H2,11,12)/t7-/m0/s1. The van der Waals surface area contributed by atoms with Crippen LogP contribution in [0.25, 0.3) is 0 Å². The van der Waals surface area contributed by atoms with Crippen molar-refractivity contribution in [3.05, 3.63) is 0 Å². The molecule has 4 nitrogen and oxygen atoms in total. The van der Waals surface area contributed by atoms with Gasteiger partial charge in [-0.25, -0.2) is 4.79 Å². The van der Waals surface area contributed by atoms with Crippen LogP contribution in [0, 0.1) is 12.3 Å². The number of primary amides is 1. The number of carbonyl (C=O) groups excluding carboxylic acids is 1. The van der Waals surface area contributed by atoms with Crippen molar-refractivity contribution in [3.8, 4) is 12.3 Å². The van der Waals surface area contributed by atoms with E-state index in [4.69, 9.17) is 28.5 Å². The van der Waals surface area contributed by atoms with Crippen molar-refractivity contribution >= 4 is 17.7 Å². The molecule has 0 heterocycles. The summed E-state index contributed by atoms with van der Waals surface area (Å²) in [5, 5.41) is 0. The van der Waals surface area contributed by atoms with Crippen LogP contribution >= 0.6 is 11.6 Å². The van der Waals surface area contributed by atoms with E-state index >= 15 is 0 Å². The fourth-order valence-electron chi connectivity index (χ4n) is 0.617. The van der Waals surface area contributed by atoms with E-state index in [0.717, 1.165) is 0 Å². The van der Waals surface area contributed by atoms with Crippen LogP contribution in [0.3, 0.4) is 0 Å². The number of halogens is 1. The zero-order valence-electron chi connectivity index (χ0n) is 8.25. The lowest BCUT2D eigenvalue weighted by molar-refractivity contribution is -0.0250. The van der Waals surface area contributed by atoms with Gasteiger partial charge in [-0.2, -0.15) is 0 Å². The normalized spacial score (nSPS) is 13.0. The second kappa shape index (κ2) is 5.74. The summed E-state index contributed by atoms with van der Waals surface area (Å²) in [6.07, 6.45) is 3.75. The molecule has 0 aliphatic heterocycles. The van der Waals surface area contributed by atoms with E-state index in [9.17, 15) is 4.79 Å². The van der Waals surface area contributed by atoms with Gasteiger partial charge in [-0.15, -0.1) is 18.0 Å². The predicted molar refractivity (Wildman–Crippen MR) is 54.0 cm³/mol. The van der Waals surface area contributed by atoms with E-state index in [1.165, 1.54) is 0 Å². The molecular formula is C9H14ClNO3. The van der Waals surface area contributed by atoms with Crippen LogP contribution < -0.4 is 5.73 Å². The zero-order valence-corrected chi connectivity index (χ0v) is 9.00. The van der Waals surface area contributed by atoms with Crippen LogP contribution in [0.1, 0.15) is 13.8 Å². The first-order valence-corrected chi connectivity index (χ1v) is 4.58. The average molecular weight is 220 g/mol. The van der Waals surface area contributed by atoms with E-state index in [1.807, 2.05) is 0 Å². The highest BCUT2D eigenvalue weighted by Gasteiger charge is 2.19. The summed E-state index contributed by atoms with van der Waals surface area (Å²) in [5.41, 5.74) is 4.12. The molecule has 1 amide bonds. The molecule has 0 unspecified atom stereocenters. The van der Waals surface area contributed by atoms with Crippen molar-refractivity contribution in [2.24, 2.45) is 5.73 Å². The molecule has 0 aliphatic rings. The summed E-state index contributed by atoms with van der Waals surface area (Å²) in [6, 6.07) is 0. The first-order valence-electron chi connectivity index (χ1n) is 4.05. The summed E-state index contributed by atoms with van der Waals surface area (Å²) in [4.78, 5) is 10.4. The molecule has 0 aliphatic carbocycles. The SMILES string of the molecule is C#CC(C)(C)OC[C@H](CCl)OC(N)=O. The third-order valence-electron chi connectivity index (χ3n) is 1.43. The lowest BCUT2D eigenvalue weighted by atomic mass is 10.1. The molecule has 0 saturated carbocycles. The molecule has 14 heavy (non-hydrogen) atoms. The summed E-state index contributed by atoms with van der Waals surface area (Å²) in [6.45, 7) is 3.58. The van der Waals surface area contributed by atoms with Crippen molar-refractivity contribution in [2.75, 3.05) is 12.5 Å². The van der Waals surface area contributed by atoms with Gasteiger partial charge in [-0.3, -0.25) is 0 Å². The van der Waals surface area contributed by atoms with Crippen LogP contribution in [0.15, 0.2) is 0 Å². The number of nitrogens with two attached hydrogens (primary N) is 1. The molecule has 0 aromatic carbocycles. The molecular weight excluding hydrogens is 206 g/mol. The number of rotatable bonds is 5. The summed E-state index contributed by atoms with van der Waals surface area (Å²) in [7, 11) is 0. The Morgan fingerprint density at radius 2 is 2.29 bits per heavy atom. The van der Waals surface area contributed by atoms with Gasteiger partial charge in [0.2, 0.25) is 0 Å². The number of alkyl halides is 1. The Morgan fingerprint density at radius 1 is 1.71 bits per heavy atom. The fourth-order valence-corrected chi connectivity index (χ4v) is 0.769. The molecule has 0 spiro atoms. The highest BCUT2D eigenvalue weighted by atomic mass is 35.5. The van der Waals surface area contributed by atoms with Gasteiger partial charge in [0.05, 0.1) is 12.5 Å². The van der Waals surface area contributed by atoms with Gasteiger partial charge in [0.1, 0.15) is 11.7 Å². The Balaban J connectivity index is 3.97. The topological polar surface area (TPSA) is 61.6 Å². The Labute approximate surface area is 88.7 Å². The van der Waals surface area contributed by atoms with E-state index in [0.29, 0.717) is 0 Å². The smallest absolute Gasteiger partial charge is 0.404 e. The maximum absolute atomic E-state index is 10.4. The van der Waals surface area contributed by atoms with Gasteiger partial charge < -0.3 is 15.2 Å². The third kappa shape index (κ3) is 5.68. The van der Waals surface area contributed by atoms with Crippen LogP contribution in [-0.2, 0) is 9.47 Å². The molecule has 0 rings (SSSR count). The lowest BCUT2D eigenvalue weighted by Crippen LogP contribution is -2.33. The van der Waals surface area contributed by atoms with E-state index in [2.05, 4.69) is 10.7 Å². The molecule has 0 aromatic heterocycles. The van der Waals surface area contributed by atoms with Gasteiger partial charge in [-0.1, -0.05) is 5.92 Å². The molecule has 2 N–H and O–H groups in total. The van der Waals surface area contributed by atoms with Crippen molar-refractivity contribution in [2.45, 2.75) is 25.6 Å². The van der Waals surface area contributed by atoms with E-state index in [-0.39, 0.29) is 12.5 Å². The minimum Gasteiger partial charge on any atom is -0.443 e. The van der Waals surface area contributed by atoms with Gasteiger partial charge in [0.25, 0.3) is 0 Å². The van der Waals surface area contributed by atoms with Gasteiger partial charge in [-0.05, 0) is 13.8 Å². The van der Waals surface area contributed by atoms with Crippen molar-refractivity contribution in [1.29, 1.82) is 0 Å². The molecule has 0 radical (unpaired) electrons. The minimum absolute atomic E-state index is 0.115. The largest absolute Gasteiger partial charge is 0.443 e. The van der Waals surface area contributed by atoms with Crippen molar-refractivity contribution in [3.63, 3.8) is 0 Å². The van der Waals surface area contributed by atoms with E-state index in [1.54, 1.807) is 13.8 Å². The summed E-state index contributed by atoms with van der Waals surface area (Å²) in [5.74, 6) is 2.55. The molecule has 80 valence electrons. The monoisotopic (exact) mass is 219 g/mol. The highest BCUT2D eigenvalue weighted by molar-refractivity contribution is 6.18. The van der Waals surface area contributed by atoms with Crippen LogP contribution in [0.4, 0.5) is 4.79 Å². The van der Waals surface area contributed by atoms with Crippen molar-refractivity contribution < 1.29 is 14.3 Å². The molecule has 0 bridgehead atoms. The average Bonchev–Trinajstić information content (AvgIpc) is 2.12. The van der Waals surface area contributed by atoms with Crippen LogP contribution in [-0.4, -0.2) is 30.3 Å². The first-order chi connectivity index (χ1) is 6.41. The molecule has 5 heteroatoms. The highest BCUT2D eigenvalue weighted by Crippen LogP contribution is 2.09. The van der Waals surface area contributed by atoms with Gasteiger partial charge >= 0.3 is 6.09 Å². The van der Waals surface area contributed by atoms with E-state index < -0.39 is 17.8 Å². The third-order valence-corrected chi connectivity index (χ3v) is 1.78. The Morgan fingerprint density at radius 3 is 2.64 bits per heavy atom. The first kappa shape index (κ1) is 13.1. The van der Waals surface area contributed by atoms with Crippen molar-refractivity contribution in [1.82, 2.24) is 0 Å². The number of hydrogen-bond acceptors (Lipinski definition) is 3. The Kier molecular flexibility index (Phi) is 5.36. The van der Waals surface area contributed by atoms with Crippen LogP contribution in [0.2, 0.25) is 0 Å².